The summed E-state index contributed by atoms with van der Waals surface area (Å²) in [5.41, 5.74) is -0.372. The molecule has 24 heavy (non-hydrogen) atoms. The second-order valence-electron chi connectivity index (χ2n) is 5.14. The highest BCUT2D eigenvalue weighted by atomic mass is 32.1. The summed E-state index contributed by atoms with van der Waals surface area (Å²) in [6.07, 6.45) is 0.690. The van der Waals surface area contributed by atoms with Crippen LogP contribution in [0.25, 0.3) is 10.2 Å². The molecule has 0 aliphatic heterocycles. The van der Waals surface area contributed by atoms with E-state index in [2.05, 4.69) is 4.99 Å². The number of hydrogen-bond donors (Lipinski definition) is 0. The van der Waals surface area contributed by atoms with Crippen LogP contribution in [0.15, 0.2) is 41.4 Å². The number of aromatic nitrogens is 1. The third kappa shape index (κ3) is 2.87. The summed E-state index contributed by atoms with van der Waals surface area (Å²) in [5, 5.41) is 0. The van der Waals surface area contributed by atoms with Gasteiger partial charge in [-0.15, -0.1) is 0 Å². The van der Waals surface area contributed by atoms with E-state index in [4.69, 9.17) is 0 Å². The number of amides is 1. The Morgan fingerprint density at radius 1 is 1.08 bits per heavy atom. The van der Waals surface area contributed by atoms with Crippen molar-refractivity contribution in [1.29, 1.82) is 0 Å². The Labute approximate surface area is 139 Å². The van der Waals surface area contributed by atoms with Crippen molar-refractivity contribution in [3.8, 4) is 0 Å². The number of benzene rings is 2. The van der Waals surface area contributed by atoms with Gasteiger partial charge in [0.05, 0.1) is 10.2 Å². The molecule has 2 aromatic carbocycles. The zero-order valence-electron chi connectivity index (χ0n) is 12.7. The van der Waals surface area contributed by atoms with Gasteiger partial charge in [0.2, 0.25) is 0 Å². The molecule has 0 aliphatic carbocycles. The fraction of sp³-hybridized carbons (Fsp3) is 0.176. The van der Waals surface area contributed by atoms with Crippen LogP contribution in [-0.4, -0.2) is 10.5 Å². The quantitative estimate of drug-likeness (QED) is 0.695. The number of hydrogen-bond acceptors (Lipinski definition) is 2. The zero-order valence-corrected chi connectivity index (χ0v) is 13.5. The Bertz CT molecular complexity index is 971. The number of carbonyl (C=O) groups is 1. The standard InChI is InChI=1S/C17H13F3N2OS/c1-2-9-22-15-12(20)7-4-8-13(15)24-17(22)21-16(23)14-10(18)5-3-6-11(14)19/h3-8H,2,9H2,1H3. The van der Waals surface area contributed by atoms with E-state index in [1.165, 1.54) is 12.1 Å². The third-order valence-corrected chi connectivity index (χ3v) is 4.52. The summed E-state index contributed by atoms with van der Waals surface area (Å²) >= 11 is 1.10. The number of rotatable bonds is 3. The molecule has 7 heteroatoms. The molecule has 0 aliphatic rings. The fourth-order valence-electron chi connectivity index (χ4n) is 2.45. The van der Waals surface area contributed by atoms with E-state index < -0.39 is 28.9 Å². The van der Waals surface area contributed by atoms with E-state index in [0.29, 0.717) is 23.2 Å². The first-order valence-corrected chi connectivity index (χ1v) is 8.15. The van der Waals surface area contributed by atoms with E-state index in [1.54, 1.807) is 16.7 Å². The molecular weight excluding hydrogens is 337 g/mol. The van der Waals surface area contributed by atoms with Gasteiger partial charge >= 0.3 is 0 Å². The maximum Gasteiger partial charge on any atom is 0.285 e. The van der Waals surface area contributed by atoms with E-state index in [9.17, 15) is 18.0 Å². The molecule has 0 radical (unpaired) electrons. The van der Waals surface area contributed by atoms with Crippen molar-refractivity contribution in [2.75, 3.05) is 0 Å². The molecule has 0 fully saturated rings. The maximum absolute atomic E-state index is 14.1. The first-order valence-electron chi connectivity index (χ1n) is 7.34. The van der Waals surface area contributed by atoms with Crippen LogP contribution in [0.2, 0.25) is 0 Å². The molecule has 3 rings (SSSR count). The van der Waals surface area contributed by atoms with Crippen molar-refractivity contribution in [2.24, 2.45) is 4.99 Å². The predicted molar refractivity (Wildman–Crippen MR) is 86.3 cm³/mol. The van der Waals surface area contributed by atoms with Crippen LogP contribution in [0.3, 0.4) is 0 Å². The Kier molecular flexibility index (Phi) is 4.53. The summed E-state index contributed by atoms with van der Waals surface area (Å²) in [6, 6.07) is 7.76. The zero-order chi connectivity index (χ0) is 17.3. The molecule has 0 atom stereocenters. The van der Waals surface area contributed by atoms with Crippen molar-refractivity contribution in [3.05, 3.63) is 64.2 Å². The predicted octanol–water partition coefficient (Wildman–Crippen LogP) is 4.27. The Balaban J connectivity index is 2.22. The first-order chi connectivity index (χ1) is 11.5. The smallest absolute Gasteiger partial charge is 0.285 e. The number of para-hydroxylation sites is 1. The van der Waals surface area contributed by atoms with Gasteiger partial charge in [0, 0.05) is 6.54 Å². The van der Waals surface area contributed by atoms with Gasteiger partial charge in [-0.2, -0.15) is 4.99 Å². The fourth-order valence-corrected chi connectivity index (χ4v) is 3.52. The molecule has 0 N–H and O–H groups in total. The largest absolute Gasteiger partial charge is 0.314 e. The van der Waals surface area contributed by atoms with Crippen LogP contribution in [0, 0.1) is 17.5 Å². The van der Waals surface area contributed by atoms with Gasteiger partial charge in [-0.05, 0) is 30.7 Å². The van der Waals surface area contributed by atoms with Crippen molar-refractivity contribution in [1.82, 2.24) is 4.57 Å². The van der Waals surface area contributed by atoms with Gasteiger partial charge in [-0.1, -0.05) is 30.4 Å². The number of thiazole rings is 1. The maximum atomic E-state index is 14.1. The Morgan fingerprint density at radius 3 is 2.38 bits per heavy atom. The molecule has 124 valence electrons. The number of fused-ring (bicyclic) bond motifs is 1. The summed E-state index contributed by atoms with van der Waals surface area (Å²) in [7, 11) is 0. The van der Waals surface area contributed by atoms with E-state index in [0.717, 1.165) is 23.5 Å². The molecule has 1 amide bonds. The minimum absolute atomic E-state index is 0.213. The number of carbonyl (C=O) groups excluding carboxylic acids is 1. The normalized spacial score (nSPS) is 12.1. The molecule has 3 aromatic rings. The van der Waals surface area contributed by atoms with Gasteiger partial charge in [0.1, 0.15) is 23.0 Å². The Morgan fingerprint density at radius 2 is 1.71 bits per heavy atom. The molecule has 3 nitrogen and oxygen atoms in total. The summed E-state index contributed by atoms with van der Waals surface area (Å²) < 4.78 is 43.8. The number of aryl methyl sites for hydroxylation is 1. The van der Waals surface area contributed by atoms with Crippen LogP contribution in [0.1, 0.15) is 23.7 Å². The Hall–Kier alpha value is -2.41. The molecule has 0 spiro atoms. The lowest BCUT2D eigenvalue weighted by molar-refractivity contribution is 0.0989. The van der Waals surface area contributed by atoms with Crippen molar-refractivity contribution < 1.29 is 18.0 Å². The van der Waals surface area contributed by atoms with E-state index in [-0.39, 0.29) is 4.80 Å². The molecular formula is C17H13F3N2OS. The molecule has 0 saturated heterocycles. The monoisotopic (exact) mass is 350 g/mol. The third-order valence-electron chi connectivity index (χ3n) is 3.47. The molecule has 1 heterocycles. The van der Waals surface area contributed by atoms with E-state index in [1.807, 2.05) is 6.92 Å². The van der Waals surface area contributed by atoms with Gasteiger partial charge < -0.3 is 4.57 Å². The number of nitrogens with zero attached hydrogens (tertiary/aromatic N) is 2. The minimum Gasteiger partial charge on any atom is -0.314 e. The molecule has 1 aromatic heterocycles. The summed E-state index contributed by atoms with van der Waals surface area (Å²) in [6.45, 7) is 2.34. The minimum atomic E-state index is -1.03. The highest BCUT2D eigenvalue weighted by Gasteiger charge is 2.18. The lowest BCUT2D eigenvalue weighted by Gasteiger charge is -2.03. The van der Waals surface area contributed by atoms with Crippen LogP contribution < -0.4 is 4.80 Å². The van der Waals surface area contributed by atoms with Crippen molar-refractivity contribution in [2.45, 2.75) is 19.9 Å². The summed E-state index contributed by atoms with van der Waals surface area (Å²) in [4.78, 5) is 16.3. The van der Waals surface area contributed by atoms with Gasteiger partial charge in [-0.25, -0.2) is 13.2 Å². The van der Waals surface area contributed by atoms with Crippen LogP contribution >= 0.6 is 11.3 Å². The first kappa shape index (κ1) is 16.4. The second-order valence-corrected chi connectivity index (χ2v) is 6.15. The van der Waals surface area contributed by atoms with Gasteiger partial charge in [-0.3, -0.25) is 4.79 Å². The highest BCUT2D eigenvalue weighted by Crippen LogP contribution is 2.21. The molecule has 0 bridgehead atoms. The van der Waals surface area contributed by atoms with Gasteiger partial charge in [0.15, 0.2) is 4.80 Å². The van der Waals surface area contributed by atoms with Crippen LogP contribution in [-0.2, 0) is 6.54 Å². The van der Waals surface area contributed by atoms with Crippen LogP contribution in [0.4, 0.5) is 13.2 Å². The average molecular weight is 350 g/mol. The summed E-state index contributed by atoms with van der Waals surface area (Å²) in [5.74, 6) is -3.40. The molecule has 0 unspecified atom stereocenters. The SMILES string of the molecule is CCCn1c(=NC(=O)c2c(F)cccc2F)sc2cccc(F)c21. The number of halogens is 3. The average Bonchev–Trinajstić information content (AvgIpc) is 2.86. The van der Waals surface area contributed by atoms with Crippen LogP contribution in [0.5, 0.6) is 0 Å². The lowest BCUT2D eigenvalue weighted by atomic mass is 10.2. The second kappa shape index (κ2) is 6.60. The van der Waals surface area contributed by atoms with Gasteiger partial charge in [0.25, 0.3) is 5.91 Å². The van der Waals surface area contributed by atoms with Crippen molar-refractivity contribution >= 4 is 27.5 Å². The topological polar surface area (TPSA) is 34.4 Å². The highest BCUT2D eigenvalue weighted by molar-refractivity contribution is 7.16. The lowest BCUT2D eigenvalue weighted by Crippen LogP contribution is -2.18. The van der Waals surface area contributed by atoms with E-state index >= 15 is 0 Å². The molecule has 0 saturated carbocycles. The van der Waals surface area contributed by atoms with Crippen molar-refractivity contribution in [3.63, 3.8) is 0 Å².